The maximum atomic E-state index is 12.4. The van der Waals surface area contributed by atoms with Crippen LogP contribution in [0.25, 0.3) is 11.0 Å². The molecule has 1 amide bonds. The Morgan fingerprint density at radius 3 is 2.79 bits per heavy atom. The topological polar surface area (TPSA) is 87.0 Å². The smallest absolute Gasteiger partial charge is 0.340 e. The van der Waals surface area contributed by atoms with Crippen molar-refractivity contribution < 1.29 is 23.4 Å². The van der Waals surface area contributed by atoms with E-state index in [4.69, 9.17) is 30.2 Å². The van der Waals surface area contributed by atoms with Crippen LogP contribution >= 0.6 is 11.6 Å². The zero-order valence-corrected chi connectivity index (χ0v) is 16.6. The van der Waals surface area contributed by atoms with Gasteiger partial charge in [-0.05, 0) is 36.2 Å². The maximum absolute atomic E-state index is 12.4. The summed E-state index contributed by atoms with van der Waals surface area (Å²) in [5, 5.41) is 3.87. The molecule has 0 spiro atoms. The van der Waals surface area contributed by atoms with Gasteiger partial charge in [-0.1, -0.05) is 17.7 Å². The van der Waals surface area contributed by atoms with E-state index in [9.17, 15) is 9.59 Å². The summed E-state index contributed by atoms with van der Waals surface area (Å²) in [4.78, 5) is 24.9. The van der Waals surface area contributed by atoms with Gasteiger partial charge >= 0.3 is 5.63 Å². The van der Waals surface area contributed by atoms with Crippen LogP contribution < -0.4 is 25.2 Å². The van der Waals surface area contributed by atoms with E-state index in [-0.39, 0.29) is 19.1 Å². The van der Waals surface area contributed by atoms with Crippen molar-refractivity contribution in [3.8, 4) is 17.2 Å². The van der Waals surface area contributed by atoms with Crippen molar-refractivity contribution >= 4 is 28.5 Å². The lowest BCUT2D eigenvalue weighted by atomic mass is 10.0. The molecule has 3 aromatic rings. The van der Waals surface area contributed by atoms with Gasteiger partial charge in [0, 0.05) is 18.0 Å². The predicted octanol–water partition coefficient (Wildman–Crippen LogP) is 3.35. The Hall–Kier alpha value is -3.19. The lowest BCUT2D eigenvalue weighted by Gasteiger charge is -2.11. The average molecular weight is 416 g/mol. The molecule has 0 atom stereocenters. The first kappa shape index (κ1) is 19.1. The Morgan fingerprint density at radius 1 is 1.21 bits per heavy atom. The van der Waals surface area contributed by atoms with Gasteiger partial charge in [0.05, 0.1) is 24.1 Å². The highest BCUT2D eigenvalue weighted by atomic mass is 35.5. The van der Waals surface area contributed by atoms with Crippen molar-refractivity contribution in [1.82, 2.24) is 5.32 Å². The van der Waals surface area contributed by atoms with Crippen molar-refractivity contribution in [3.63, 3.8) is 0 Å². The van der Waals surface area contributed by atoms with Crippen LogP contribution in [0.1, 0.15) is 16.7 Å². The van der Waals surface area contributed by atoms with E-state index >= 15 is 0 Å². The summed E-state index contributed by atoms with van der Waals surface area (Å²) in [6.07, 6.45) is -0.0989. The molecule has 29 heavy (non-hydrogen) atoms. The second kappa shape index (κ2) is 7.67. The molecule has 0 saturated carbocycles. The predicted molar refractivity (Wildman–Crippen MR) is 107 cm³/mol. The second-order valence-corrected chi connectivity index (χ2v) is 7.02. The van der Waals surface area contributed by atoms with E-state index in [1.54, 1.807) is 25.1 Å². The Kier molecular flexibility index (Phi) is 5.07. The summed E-state index contributed by atoms with van der Waals surface area (Å²) in [5.74, 6) is 1.45. The molecule has 0 radical (unpaired) electrons. The molecule has 7 nitrogen and oxygen atoms in total. The van der Waals surface area contributed by atoms with E-state index in [1.807, 2.05) is 12.1 Å². The van der Waals surface area contributed by atoms with Crippen LogP contribution in [0.15, 0.2) is 39.5 Å². The van der Waals surface area contributed by atoms with Gasteiger partial charge in [0.15, 0.2) is 11.5 Å². The molecule has 2 aromatic carbocycles. The van der Waals surface area contributed by atoms with Gasteiger partial charge in [-0.2, -0.15) is 0 Å². The lowest BCUT2D eigenvalue weighted by molar-refractivity contribution is -0.120. The number of aryl methyl sites for hydroxylation is 1. The number of hydrogen-bond donors (Lipinski definition) is 1. The number of carbonyl (C=O) groups excluding carboxylic acids is 1. The molecule has 0 bridgehead atoms. The molecule has 8 heteroatoms. The molecular weight excluding hydrogens is 398 g/mol. The normalized spacial score (nSPS) is 12.2. The summed E-state index contributed by atoms with van der Waals surface area (Å²) in [6.45, 7) is 2.26. The monoisotopic (exact) mass is 415 g/mol. The van der Waals surface area contributed by atoms with Crippen LogP contribution in [-0.2, 0) is 17.8 Å². The number of fused-ring (bicyclic) bond motifs is 2. The fraction of sp³-hybridized carbons (Fsp3) is 0.238. The molecule has 4 rings (SSSR count). The van der Waals surface area contributed by atoms with Crippen LogP contribution in [0.3, 0.4) is 0 Å². The zero-order chi connectivity index (χ0) is 20.5. The fourth-order valence-corrected chi connectivity index (χ4v) is 3.47. The number of nitrogens with one attached hydrogen (secondary N) is 1. The van der Waals surface area contributed by atoms with Gasteiger partial charge in [-0.25, -0.2) is 4.79 Å². The standard InChI is InChI=1S/C21H18ClNO6/c1-11-13-6-15(22)18(26-2)8-17(13)29-21(25)14(11)7-20(24)23-9-12-3-4-16-19(5-12)28-10-27-16/h3-6,8H,7,9-10H2,1-2H3,(H,23,24). The molecule has 1 N–H and O–H groups in total. The quantitative estimate of drug-likeness (QED) is 0.643. The van der Waals surface area contributed by atoms with Crippen LogP contribution in [-0.4, -0.2) is 19.8 Å². The highest BCUT2D eigenvalue weighted by Gasteiger charge is 2.17. The minimum atomic E-state index is -0.558. The zero-order valence-electron chi connectivity index (χ0n) is 15.8. The van der Waals surface area contributed by atoms with Gasteiger partial charge < -0.3 is 23.9 Å². The lowest BCUT2D eigenvalue weighted by Crippen LogP contribution is -2.27. The van der Waals surface area contributed by atoms with Crippen LogP contribution in [0, 0.1) is 6.92 Å². The van der Waals surface area contributed by atoms with Gasteiger partial charge in [-0.3, -0.25) is 4.79 Å². The third kappa shape index (κ3) is 3.73. The second-order valence-electron chi connectivity index (χ2n) is 6.62. The first-order valence-electron chi connectivity index (χ1n) is 8.91. The molecule has 0 unspecified atom stereocenters. The number of rotatable bonds is 5. The minimum Gasteiger partial charge on any atom is -0.495 e. The van der Waals surface area contributed by atoms with Gasteiger partial charge in [0.25, 0.3) is 0 Å². The summed E-state index contributed by atoms with van der Waals surface area (Å²) < 4.78 is 21.1. The first-order valence-corrected chi connectivity index (χ1v) is 9.29. The Morgan fingerprint density at radius 2 is 2.00 bits per heavy atom. The third-order valence-corrected chi connectivity index (χ3v) is 5.12. The van der Waals surface area contributed by atoms with Crippen LogP contribution in [0.5, 0.6) is 17.2 Å². The molecule has 2 heterocycles. The molecule has 0 saturated heterocycles. The fourth-order valence-electron chi connectivity index (χ4n) is 3.23. The summed E-state index contributed by atoms with van der Waals surface area (Å²) in [7, 11) is 1.48. The molecule has 150 valence electrons. The highest BCUT2D eigenvalue weighted by molar-refractivity contribution is 6.32. The van der Waals surface area contributed by atoms with Crippen molar-refractivity contribution in [2.75, 3.05) is 13.9 Å². The van der Waals surface area contributed by atoms with E-state index in [2.05, 4.69) is 5.32 Å². The number of halogens is 1. The number of carbonyl (C=O) groups is 1. The summed E-state index contributed by atoms with van der Waals surface area (Å²) in [6, 6.07) is 8.69. The Balaban J connectivity index is 1.52. The first-order chi connectivity index (χ1) is 14.0. The van der Waals surface area contributed by atoms with E-state index < -0.39 is 5.63 Å². The van der Waals surface area contributed by atoms with E-state index in [0.717, 1.165) is 5.56 Å². The molecule has 1 aromatic heterocycles. The van der Waals surface area contributed by atoms with Gasteiger partial charge in [0.1, 0.15) is 11.3 Å². The van der Waals surface area contributed by atoms with Crippen LogP contribution in [0.4, 0.5) is 0 Å². The molecule has 0 fully saturated rings. The summed E-state index contributed by atoms with van der Waals surface area (Å²) in [5.41, 5.74) is 1.61. The Labute approximate surface area is 171 Å². The molecule has 1 aliphatic heterocycles. The average Bonchev–Trinajstić information content (AvgIpc) is 3.17. The minimum absolute atomic E-state index is 0.0989. The van der Waals surface area contributed by atoms with Crippen molar-refractivity contribution in [1.29, 1.82) is 0 Å². The largest absolute Gasteiger partial charge is 0.495 e. The van der Waals surface area contributed by atoms with Crippen LogP contribution in [0.2, 0.25) is 5.02 Å². The van der Waals surface area contributed by atoms with Gasteiger partial charge in [-0.15, -0.1) is 0 Å². The SMILES string of the molecule is COc1cc2oc(=O)c(CC(=O)NCc3ccc4c(c3)OCO4)c(C)c2cc1Cl. The Bertz CT molecular complexity index is 1170. The summed E-state index contributed by atoms with van der Waals surface area (Å²) >= 11 is 6.19. The number of methoxy groups -OCH3 is 1. The van der Waals surface area contributed by atoms with Crippen molar-refractivity contribution in [2.45, 2.75) is 19.9 Å². The molecule has 0 aliphatic carbocycles. The van der Waals surface area contributed by atoms with E-state index in [0.29, 0.717) is 50.9 Å². The number of amides is 1. The number of hydrogen-bond acceptors (Lipinski definition) is 6. The van der Waals surface area contributed by atoms with E-state index in [1.165, 1.54) is 7.11 Å². The molecular formula is C21H18ClNO6. The number of ether oxygens (including phenoxy) is 3. The molecule has 1 aliphatic rings. The third-order valence-electron chi connectivity index (χ3n) is 4.82. The van der Waals surface area contributed by atoms with Crippen molar-refractivity contribution in [2.24, 2.45) is 0 Å². The number of benzene rings is 2. The van der Waals surface area contributed by atoms with Crippen molar-refractivity contribution in [3.05, 3.63) is 62.5 Å². The van der Waals surface area contributed by atoms with Gasteiger partial charge in [0.2, 0.25) is 12.7 Å². The maximum Gasteiger partial charge on any atom is 0.340 e. The highest BCUT2D eigenvalue weighted by Crippen LogP contribution is 2.33.